The number of ether oxygens (including phenoxy) is 1. The minimum absolute atomic E-state index is 0.137. The molecule has 0 aliphatic carbocycles. The van der Waals surface area contributed by atoms with Gasteiger partial charge in [-0.15, -0.1) is 0 Å². The van der Waals surface area contributed by atoms with E-state index in [0.29, 0.717) is 37.9 Å². The van der Waals surface area contributed by atoms with Gasteiger partial charge in [-0.2, -0.15) is 0 Å². The summed E-state index contributed by atoms with van der Waals surface area (Å²) in [6.07, 6.45) is 1.26. The van der Waals surface area contributed by atoms with Gasteiger partial charge in [0.2, 0.25) is 10.0 Å². The van der Waals surface area contributed by atoms with Crippen LogP contribution in [-0.4, -0.2) is 62.8 Å². The Bertz CT molecular complexity index is 749. The molecule has 1 atom stereocenters. The molecule has 158 valence electrons. The van der Waals surface area contributed by atoms with Crippen LogP contribution in [0.15, 0.2) is 29.3 Å². The molecule has 28 heavy (non-hydrogen) atoms. The van der Waals surface area contributed by atoms with E-state index in [-0.39, 0.29) is 23.7 Å². The van der Waals surface area contributed by atoms with Crippen LogP contribution in [-0.2, 0) is 10.0 Å². The Balaban J connectivity index is 1.87. The normalized spacial score (nSPS) is 17.9. The fraction of sp³-hybridized carbons (Fsp3) is 0.632. The number of nitrogens with zero attached hydrogens (tertiary/aromatic N) is 2. The van der Waals surface area contributed by atoms with Crippen molar-refractivity contribution in [1.29, 1.82) is 0 Å². The first-order valence-electron chi connectivity index (χ1n) is 9.79. The van der Waals surface area contributed by atoms with Crippen LogP contribution in [0.3, 0.4) is 0 Å². The largest absolute Gasteiger partial charge is 0.489 e. The molecule has 0 aromatic heterocycles. The standard InChI is InChI=1S/C19H31FN4O3S/c1-4-21-19(22-14-15(3)27-18-8-6-7-16(20)13-18)23-17-9-11-24(12-10-17)28(25,26)5-2/h6-8,13,15,17H,4-5,9-12,14H2,1-3H3,(H2,21,22,23). The Morgan fingerprint density at radius 3 is 2.68 bits per heavy atom. The third kappa shape index (κ3) is 6.94. The lowest BCUT2D eigenvalue weighted by Crippen LogP contribution is -2.50. The summed E-state index contributed by atoms with van der Waals surface area (Å²) in [5, 5.41) is 6.58. The first kappa shape index (κ1) is 22.4. The van der Waals surface area contributed by atoms with E-state index in [0.717, 1.165) is 12.8 Å². The SMILES string of the molecule is CCNC(=NCC(C)Oc1cccc(F)c1)NC1CCN(S(=O)(=O)CC)CC1. The number of hydrogen-bond donors (Lipinski definition) is 2. The molecule has 1 aliphatic heterocycles. The van der Waals surface area contributed by atoms with E-state index in [4.69, 9.17) is 4.74 Å². The summed E-state index contributed by atoms with van der Waals surface area (Å²) in [4.78, 5) is 4.55. The van der Waals surface area contributed by atoms with Crippen LogP contribution in [0.4, 0.5) is 4.39 Å². The van der Waals surface area contributed by atoms with Crippen molar-refractivity contribution in [3.63, 3.8) is 0 Å². The summed E-state index contributed by atoms with van der Waals surface area (Å²) in [6, 6.07) is 6.21. The number of piperidine rings is 1. The maximum Gasteiger partial charge on any atom is 0.213 e. The van der Waals surface area contributed by atoms with Gasteiger partial charge in [0.15, 0.2) is 5.96 Å². The maximum atomic E-state index is 13.2. The van der Waals surface area contributed by atoms with Crippen LogP contribution in [0.5, 0.6) is 5.75 Å². The summed E-state index contributed by atoms with van der Waals surface area (Å²) >= 11 is 0. The van der Waals surface area contributed by atoms with Crippen molar-refractivity contribution in [1.82, 2.24) is 14.9 Å². The molecule has 1 heterocycles. The Morgan fingerprint density at radius 2 is 2.07 bits per heavy atom. The van der Waals surface area contributed by atoms with Gasteiger partial charge in [-0.1, -0.05) is 6.07 Å². The van der Waals surface area contributed by atoms with Gasteiger partial charge in [0, 0.05) is 31.7 Å². The minimum atomic E-state index is -3.12. The summed E-state index contributed by atoms with van der Waals surface area (Å²) < 4.78 is 44.4. The van der Waals surface area contributed by atoms with Crippen molar-refractivity contribution in [3.8, 4) is 5.75 Å². The lowest BCUT2D eigenvalue weighted by atomic mass is 10.1. The van der Waals surface area contributed by atoms with Crippen LogP contribution in [0, 0.1) is 5.82 Å². The van der Waals surface area contributed by atoms with Crippen molar-refractivity contribution >= 4 is 16.0 Å². The average molecular weight is 415 g/mol. The van der Waals surface area contributed by atoms with E-state index >= 15 is 0 Å². The molecule has 2 N–H and O–H groups in total. The molecule has 2 rings (SSSR count). The molecule has 9 heteroatoms. The van der Waals surface area contributed by atoms with Crippen LogP contribution < -0.4 is 15.4 Å². The third-order valence-electron chi connectivity index (χ3n) is 4.54. The second kappa shape index (κ2) is 10.6. The fourth-order valence-electron chi connectivity index (χ4n) is 3.00. The summed E-state index contributed by atoms with van der Waals surface area (Å²) in [7, 11) is -3.12. The molecular weight excluding hydrogens is 383 g/mol. The molecule has 7 nitrogen and oxygen atoms in total. The zero-order chi connectivity index (χ0) is 20.6. The summed E-state index contributed by atoms with van der Waals surface area (Å²) in [6.45, 7) is 7.70. The molecule has 0 amide bonds. The van der Waals surface area contributed by atoms with Crippen LogP contribution in [0.25, 0.3) is 0 Å². The molecule has 1 aromatic carbocycles. The molecule has 0 spiro atoms. The molecule has 0 radical (unpaired) electrons. The number of guanidine groups is 1. The number of hydrogen-bond acceptors (Lipinski definition) is 4. The van der Waals surface area contributed by atoms with E-state index in [9.17, 15) is 12.8 Å². The van der Waals surface area contributed by atoms with Crippen molar-refractivity contribution in [2.24, 2.45) is 4.99 Å². The average Bonchev–Trinajstić information content (AvgIpc) is 2.67. The number of aliphatic imine (C=N–C) groups is 1. The van der Waals surface area contributed by atoms with Gasteiger partial charge in [0.1, 0.15) is 17.7 Å². The Labute approximate surface area is 167 Å². The smallest absolute Gasteiger partial charge is 0.213 e. The minimum Gasteiger partial charge on any atom is -0.489 e. The predicted molar refractivity (Wildman–Crippen MR) is 110 cm³/mol. The van der Waals surface area contributed by atoms with Crippen LogP contribution >= 0.6 is 0 Å². The second-order valence-electron chi connectivity index (χ2n) is 6.82. The van der Waals surface area contributed by atoms with Crippen molar-refractivity contribution < 1.29 is 17.5 Å². The van der Waals surface area contributed by atoms with Gasteiger partial charge in [0.25, 0.3) is 0 Å². The van der Waals surface area contributed by atoms with Crippen LogP contribution in [0.2, 0.25) is 0 Å². The fourth-order valence-corrected chi connectivity index (χ4v) is 4.14. The molecule has 1 aromatic rings. The highest BCUT2D eigenvalue weighted by atomic mass is 32.2. The van der Waals surface area contributed by atoms with Crippen molar-refractivity contribution in [2.75, 3.05) is 31.9 Å². The number of nitrogens with one attached hydrogen (secondary N) is 2. The highest BCUT2D eigenvalue weighted by Crippen LogP contribution is 2.15. The Kier molecular flexibility index (Phi) is 8.50. The molecular formula is C19H31FN4O3S. The van der Waals surface area contributed by atoms with Gasteiger partial charge < -0.3 is 15.4 Å². The topological polar surface area (TPSA) is 83.0 Å². The zero-order valence-corrected chi connectivity index (χ0v) is 17.6. The number of benzene rings is 1. The first-order valence-corrected chi connectivity index (χ1v) is 11.4. The maximum absolute atomic E-state index is 13.2. The Morgan fingerprint density at radius 1 is 1.36 bits per heavy atom. The predicted octanol–water partition coefficient (Wildman–Crippen LogP) is 1.96. The summed E-state index contributed by atoms with van der Waals surface area (Å²) in [5.74, 6) is 0.956. The van der Waals surface area contributed by atoms with E-state index in [1.165, 1.54) is 12.1 Å². The van der Waals surface area contributed by atoms with Gasteiger partial charge in [-0.3, -0.25) is 0 Å². The van der Waals surface area contributed by atoms with Gasteiger partial charge in [-0.05, 0) is 45.7 Å². The summed E-state index contributed by atoms with van der Waals surface area (Å²) in [5.41, 5.74) is 0. The first-order chi connectivity index (χ1) is 13.3. The zero-order valence-electron chi connectivity index (χ0n) is 16.8. The third-order valence-corrected chi connectivity index (χ3v) is 6.42. The lowest BCUT2D eigenvalue weighted by molar-refractivity contribution is 0.229. The van der Waals surface area contributed by atoms with Crippen LogP contribution in [0.1, 0.15) is 33.6 Å². The molecule has 1 fully saturated rings. The second-order valence-corrected chi connectivity index (χ2v) is 9.08. The highest BCUT2D eigenvalue weighted by molar-refractivity contribution is 7.89. The van der Waals surface area contributed by atoms with E-state index in [2.05, 4.69) is 15.6 Å². The quantitative estimate of drug-likeness (QED) is 0.502. The Hall–Kier alpha value is -1.87. The van der Waals surface area contributed by atoms with Crippen molar-refractivity contribution in [2.45, 2.75) is 45.8 Å². The molecule has 1 unspecified atom stereocenters. The van der Waals surface area contributed by atoms with Crippen molar-refractivity contribution in [3.05, 3.63) is 30.1 Å². The number of rotatable bonds is 8. The monoisotopic (exact) mass is 414 g/mol. The van der Waals surface area contributed by atoms with Gasteiger partial charge in [0.05, 0.1) is 12.3 Å². The molecule has 1 saturated heterocycles. The van der Waals surface area contributed by atoms with E-state index in [1.54, 1.807) is 23.4 Å². The van der Waals surface area contributed by atoms with Gasteiger partial charge in [-0.25, -0.2) is 22.1 Å². The molecule has 1 aliphatic rings. The number of halogens is 1. The lowest BCUT2D eigenvalue weighted by Gasteiger charge is -2.32. The highest BCUT2D eigenvalue weighted by Gasteiger charge is 2.27. The molecule has 0 saturated carbocycles. The molecule has 0 bridgehead atoms. The van der Waals surface area contributed by atoms with E-state index in [1.807, 2.05) is 13.8 Å². The number of sulfonamides is 1. The van der Waals surface area contributed by atoms with E-state index < -0.39 is 10.0 Å². The van der Waals surface area contributed by atoms with Gasteiger partial charge >= 0.3 is 0 Å².